The highest BCUT2D eigenvalue weighted by Gasteiger charge is 2.11. The van der Waals surface area contributed by atoms with Crippen LogP contribution in [0.2, 0.25) is 0 Å². The summed E-state index contributed by atoms with van der Waals surface area (Å²) in [6.07, 6.45) is 6.53. The zero-order chi connectivity index (χ0) is 26.8. The van der Waals surface area contributed by atoms with Crippen molar-refractivity contribution in [2.45, 2.75) is 46.8 Å². The van der Waals surface area contributed by atoms with Gasteiger partial charge < -0.3 is 9.47 Å². The predicted molar refractivity (Wildman–Crippen MR) is 138 cm³/mol. The van der Waals surface area contributed by atoms with Gasteiger partial charge in [0.15, 0.2) is 0 Å². The second-order valence-corrected chi connectivity index (χ2v) is 9.02. The molecule has 0 aliphatic carbocycles. The first-order valence-corrected chi connectivity index (χ1v) is 11.7. The average molecular weight is 499 g/mol. The topological polar surface area (TPSA) is 54.1 Å². The molecule has 0 aliphatic heterocycles. The lowest BCUT2D eigenvalue weighted by atomic mass is 10.0. The summed E-state index contributed by atoms with van der Waals surface area (Å²) >= 11 is 0. The van der Waals surface area contributed by atoms with Crippen molar-refractivity contribution in [3.63, 3.8) is 0 Å². The van der Waals surface area contributed by atoms with Crippen LogP contribution in [0.15, 0.2) is 79.2 Å². The molecule has 0 saturated carbocycles. The van der Waals surface area contributed by atoms with E-state index in [1.54, 1.807) is 27.8 Å². The first-order valence-electron chi connectivity index (χ1n) is 11.7. The standard InChI is InChI=1S/C14H17FN2O.C14H19FN2O/c1-10(2)13-5-4-11(15)8-14(13)18-9-12-6-7-16-17(12)3;1-10(2)12(4)14(6-11(3)15)18-9-13-7-16-17(5)8-13/h4-8,10H,9H2,1-3H3;6-8,10H,3-4,9H2,1-2,5H3/b;14-6+. The van der Waals surface area contributed by atoms with Crippen LogP contribution in [0.5, 0.6) is 5.75 Å². The summed E-state index contributed by atoms with van der Waals surface area (Å²) in [6.45, 7) is 15.9. The third kappa shape index (κ3) is 8.83. The zero-order valence-electron chi connectivity index (χ0n) is 22.0. The highest BCUT2D eigenvalue weighted by Crippen LogP contribution is 2.28. The number of nitrogens with zero attached hydrogens (tertiary/aromatic N) is 4. The van der Waals surface area contributed by atoms with Crippen LogP contribution in [0.25, 0.3) is 0 Å². The van der Waals surface area contributed by atoms with E-state index in [4.69, 9.17) is 9.47 Å². The smallest absolute Gasteiger partial charge is 0.130 e. The molecule has 194 valence electrons. The summed E-state index contributed by atoms with van der Waals surface area (Å²) in [4.78, 5) is 0. The minimum absolute atomic E-state index is 0.185. The molecule has 0 saturated heterocycles. The molecule has 0 spiro atoms. The van der Waals surface area contributed by atoms with Crippen LogP contribution in [0, 0.1) is 11.7 Å². The van der Waals surface area contributed by atoms with E-state index in [1.165, 1.54) is 18.2 Å². The molecule has 0 atom stereocenters. The second-order valence-electron chi connectivity index (χ2n) is 9.02. The van der Waals surface area contributed by atoms with Crippen LogP contribution in [-0.2, 0) is 32.0 Å². The third-order valence-electron chi connectivity index (χ3n) is 5.35. The maximum Gasteiger partial charge on any atom is 0.130 e. The van der Waals surface area contributed by atoms with E-state index in [-0.39, 0.29) is 11.7 Å². The highest BCUT2D eigenvalue weighted by atomic mass is 19.1. The van der Waals surface area contributed by atoms with E-state index in [1.807, 2.05) is 40.2 Å². The Kier molecular flexibility index (Phi) is 10.6. The zero-order valence-corrected chi connectivity index (χ0v) is 22.0. The maximum atomic E-state index is 13.3. The summed E-state index contributed by atoms with van der Waals surface area (Å²) < 4.78 is 40.9. The Morgan fingerprint density at radius 3 is 2.33 bits per heavy atom. The molecule has 1 aromatic carbocycles. The lowest BCUT2D eigenvalue weighted by Crippen LogP contribution is -2.05. The molecule has 0 amide bonds. The molecule has 2 heterocycles. The minimum atomic E-state index is -0.544. The van der Waals surface area contributed by atoms with E-state index < -0.39 is 5.83 Å². The van der Waals surface area contributed by atoms with Gasteiger partial charge in [-0.25, -0.2) is 8.78 Å². The van der Waals surface area contributed by atoms with Crippen molar-refractivity contribution in [2.75, 3.05) is 0 Å². The van der Waals surface area contributed by atoms with Gasteiger partial charge in [0.25, 0.3) is 0 Å². The lowest BCUT2D eigenvalue weighted by molar-refractivity contribution is 0.202. The monoisotopic (exact) mass is 498 g/mol. The van der Waals surface area contributed by atoms with Gasteiger partial charge in [0.1, 0.15) is 36.4 Å². The molecule has 0 radical (unpaired) electrons. The summed E-state index contributed by atoms with van der Waals surface area (Å²) in [5.41, 5.74) is 3.63. The lowest BCUT2D eigenvalue weighted by Gasteiger charge is -2.15. The third-order valence-corrected chi connectivity index (χ3v) is 5.35. The Labute approximate surface area is 212 Å². The number of aryl methyl sites for hydroxylation is 2. The van der Waals surface area contributed by atoms with E-state index in [2.05, 4.69) is 37.2 Å². The van der Waals surface area contributed by atoms with Gasteiger partial charge >= 0.3 is 0 Å². The van der Waals surface area contributed by atoms with Gasteiger partial charge in [0.2, 0.25) is 0 Å². The number of hydrogen-bond donors (Lipinski definition) is 0. The fourth-order valence-electron chi connectivity index (χ4n) is 3.17. The number of benzene rings is 1. The SMILES string of the molecule is C=C(F)/C=C(/OCc1cnn(C)c1)C(=C)C(C)C.CC(C)c1ccc(F)cc1OCc1ccnn1C. The molecule has 8 heteroatoms. The first-order chi connectivity index (χ1) is 17.0. The predicted octanol–water partition coefficient (Wildman–Crippen LogP) is 6.78. The molecule has 0 N–H and O–H groups in total. The van der Waals surface area contributed by atoms with Crippen molar-refractivity contribution in [3.8, 4) is 5.75 Å². The van der Waals surface area contributed by atoms with Crippen molar-refractivity contribution in [2.24, 2.45) is 20.0 Å². The minimum Gasteiger partial charge on any atom is -0.488 e. The molecule has 0 unspecified atom stereocenters. The first kappa shape index (κ1) is 28.6. The van der Waals surface area contributed by atoms with E-state index >= 15 is 0 Å². The molecule has 0 fully saturated rings. The summed E-state index contributed by atoms with van der Waals surface area (Å²) in [6, 6.07) is 6.56. The normalized spacial score (nSPS) is 11.3. The van der Waals surface area contributed by atoms with Crippen LogP contribution >= 0.6 is 0 Å². The van der Waals surface area contributed by atoms with Crippen molar-refractivity contribution < 1.29 is 18.3 Å². The fourth-order valence-corrected chi connectivity index (χ4v) is 3.17. The van der Waals surface area contributed by atoms with Gasteiger partial charge in [-0.05, 0) is 35.1 Å². The molecule has 36 heavy (non-hydrogen) atoms. The van der Waals surface area contributed by atoms with Gasteiger partial charge in [-0.3, -0.25) is 9.36 Å². The van der Waals surface area contributed by atoms with Crippen LogP contribution in [0.1, 0.15) is 50.4 Å². The molecule has 3 rings (SSSR count). The van der Waals surface area contributed by atoms with Crippen LogP contribution in [-0.4, -0.2) is 19.6 Å². The Bertz CT molecular complexity index is 1190. The number of halogens is 2. The number of ether oxygens (including phenoxy) is 2. The maximum absolute atomic E-state index is 13.3. The number of rotatable bonds is 10. The second kappa shape index (κ2) is 13.4. The van der Waals surface area contributed by atoms with Crippen LogP contribution in [0.4, 0.5) is 8.78 Å². The number of allylic oxidation sites excluding steroid dienone is 3. The van der Waals surface area contributed by atoms with Gasteiger partial charge in [0.05, 0.1) is 11.9 Å². The van der Waals surface area contributed by atoms with Crippen molar-refractivity contribution in [1.29, 1.82) is 0 Å². The molecule has 6 nitrogen and oxygen atoms in total. The molecule has 2 aromatic heterocycles. The quantitative estimate of drug-likeness (QED) is 0.228. The average Bonchev–Trinajstić information content (AvgIpc) is 3.42. The molecular weight excluding hydrogens is 462 g/mol. The van der Waals surface area contributed by atoms with Crippen molar-refractivity contribution >= 4 is 0 Å². The Hall–Kier alpha value is -3.68. The molecule has 3 aromatic rings. The molecular formula is C28H36F2N4O2. The van der Waals surface area contributed by atoms with E-state index in [0.717, 1.165) is 22.4 Å². The van der Waals surface area contributed by atoms with Crippen LogP contribution < -0.4 is 4.74 Å². The van der Waals surface area contributed by atoms with Crippen molar-refractivity contribution in [1.82, 2.24) is 19.6 Å². The number of hydrogen-bond acceptors (Lipinski definition) is 4. The Morgan fingerprint density at radius 1 is 1.08 bits per heavy atom. The summed E-state index contributed by atoms with van der Waals surface area (Å²) in [7, 11) is 3.68. The van der Waals surface area contributed by atoms with Crippen LogP contribution in [0.3, 0.4) is 0 Å². The van der Waals surface area contributed by atoms with Gasteiger partial charge in [-0.15, -0.1) is 0 Å². The van der Waals surface area contributed by atoms with E-state index in [0.29, 0.717) is 30.6 Å². The Balaban J connectivity index is 0.000000254. The Morgan fingerprint density at radius 2 is 1.81 bits per heavy atom. The van der Waals surface area contributed by atoms with Crippen molar-refractivity contribution in [3.05, 3.63) is 102 Å². The number of aromatic nitrogens is 4. The van der Waals surface area contributed by atoms with Gasteiger partial charge in [-0.2, -0.15) is 10.2 Å². The largest absolute Gasteiger partial charge is 0.488 e. The summed E-state index contributed by atoms with van der Waals surface area (Å²) in [5, 5.41) is 8.11. The van der Waals surface area contributed by atoms with Gasteiger partial charge in [-0.1, -0.05) is 46.9 Å². The summed E-state index contributed by atoms with van der Waals surface area (Å²) in [5.74, 6) is 0.696. The van der Waals surface area contributed by atoms with E-state index in [9.17, 15) is 8.78 Å². The molecule has 0 aliphatic rings. The molecule has 0 bridgehead atoms. The highest BCUT2D eigenvalue weighted by molar-refractivity contribution is 5.36. The van der Waals surface area contributed by atoms with Gasteiger partial charge in [0, 0.05) is 44.2 Å². The fraction of sp³-hybridized carbons (Fsp3) is 0.357.